The highest BCUT2D eigenvalue weighted by Crippen LogP contribution is 2.13. The Morgan fingerprint density at radius 1 is 1.54 bits per heavy atom. The fourth-order valence-electron chi connectivity index (χ4n) is 0.857. The van der Waals surface area contributed by atoms with E-state index in [0.29, 0.717) is 11.3 Å². The van der Waals surface area contributed by atoms with Gasteiger partial charge in [-0.15, -0.1) is 5.26 Å². The van der Waals surface area contributed by atoms with Crippen molar-refractivity contribution < 1.29 is 14.3 Å². The smallest absolute Gasteiger partial charge is 0.337 e. The minimum absolute atomic E-state index is 0.324. The molecule has 1 aromatic rings. The van der Waals surface area contributed by atoms with E-state index < -0.39 is 5.97 Å². The van der Waals surface area contributed by atoms with Crippen molar-refractivity contribution in [2.45, 2.75) is 0 Å². The van der Waals surface area contributed by atoms with Gasteiger partial charge in [0.15, 0.2) is 0 Å². The number of benzene rings is 1. The Morgan fingerprint density at radius 2 is 2.31 bits per heavy atom. The maximum absolute atomic E-state index is 11.0. The van der Waals surface area contributed by atoms with Gasteiger partial charge in [0.1, 0.15) is 5.75 Å². The van der Waals surface area contributed by atoms with E-state index in [1.807, 2.05) is 0 Å². The molecule has 0 aliphatic carbocycles. The normalized spacial score (nSPS) is 8.62. The average molecular weight is 177 g/mol. The first-order chi connectivity index (χ1) is 6.27. The van der Waals surface area contributed by atoms with E-state index in [-0.39, 0.29) is 0 Å². The first kappa shape index (κ1) is 9.07. The monoisotopic (exact) mass is 177 g/mol. The van der Waals surface area contributed by atoms with Crippen LogP contribution in [0.4, 0.5) is 0 Å². The Kier molecular flexibility index (Phi) is 2.87. The van der Waals surface area contributed by atoms with Crippen LogP contribution in [0.1, 0.15) is 10.4 Å². The first-order valence-electron chi connectivity index (χ1n) is 3.52. The zero-order chi connectivity index (χ0) is 9.68. The summed E-state index contributed by atoms with van der Waals surface area (Å²) in [7, 11) is 1.29. The molecule has 0 aliphatic rings. The average Bonchev–Trinajstić information content (AvgIpc) is 2.18. The second-order valence-corrected chi connectivity index (χ2v) is 2.21. The summed E-state index contributed by atoms with van der Waals surface area (Å²) < 4.78 is 9.03. The van der Waals surface area contributed by atoms with Crippen molar-refractivity contribution >= 4 is 5.97 Å². The SMILES string of the molecule is COC(=O)c1cccc(OC#N)c1. The fourth-order valence-corrected chi connectivity index (χ4v) is 0.857. The minimum atomic E-state index is -0.455. The van der Waals surface area contributed by atoms with E-state index in [1.54, 1.807) is 18.2 Å². The predicted octanol–water partition coefficient (Wildman–Crippen LogP) is 1.33. The Morgan fingerprint density at radius 3 is 2.92 bits per heavy atom. The first-order valence-corrected chi connectivity index (χ1v) is 3.52. The van der Waals surface area contributed by atoms with Gasteiger partial charge in [-0.1, -0.05) is 6.07 Å². The van der Waals surface area contributed by atoms with Gasteiger partial charge in [0.05, 0.1) is 12.7 Å². The van der Waals surface area contributed by atoms with Gasteiger partial charge in [0.25, 0.3) is 6.26 Å². The number of carbonyl (C=O) groups excluding carboxylic acids is 1. The molecule has 0 atom stereocenters. The van der Waals surface area contributed by atoms with Crippen molar-refractivity contribution in [1.82, 2.24) is 0 Å². The van der Waals surface area contributed by atoms with Crippen LogP contribution in [0.5, 0.6) is 5.75 Å². The molecule has 4 heteroatoms. The molecule has 0 bridgehead atoms. The van der Waals surface area contributed by atoms with Gasteiger partial charge in [-0.3, -0.25) is 0 Å². The third-order valence-electron chi connectivity index (χ3n) is 1.42. The predicted molar refractivity (Wildman–Crippen MR) is 44.0 cm³/mol. The molecule has 0 saturated carbocycles. The molecule has 1 rings (SSSR count). The summed E-state index contributed by atoms with van der Waals surface area (Å²) in [5, 5.41) is 8.22. The number of carbonyl (C=O) groups is 1. The number of rotatable bonds is 2. The molecule has 0 N–H and O–H groups in total. The summed E-state index contributed by atoms with van der Waals surface area (Å²) in [6.45, 7) is 0. The van der Waals surface area contributed by atoms with E-state index in [4.69, 9.17) is 5.26 Å². The molecule has 4 nitrogen and oxygen atoms in total. The van der Waals surface area contributed by atoms with Gasteiger partial charge >= 0.3 is 5.97 Å². The maximum atomic E-state index is 11.0. The lowest BCUT2D eigenvalue weighted by Crippen LogP contribution is -2.00. The molecular weight excluding hydrogens is 170 g/mol. The van der Waals surface area contributed by atoms with Crippen LogP contribution in [0.3, 0.4) is 0 Å². The number of ether oxygens (including phenoxy) is 2. The summed E-state index contributed by atoms with van der Waals surface area (Å²) in [6, 6.07) is 6.21. The summed E-state index contributed by atoms with van der Waals surface area (Å²) in [5.74, 6) is -0.131. The second kappa shape index (κ2) is 4.12. The van der Waals surface area contributed by atoms with Gasteiger partial charge in [-0.25, -0.2) is 4.79 Å². The zero-order valence-corrected chi connectivity index (χ0v) is 6.98. The minimum Gasteiger partial charge on any atom is -0.465 e. The van der Waals surface area contributed by atoms with Crippen LogP contribution >= 0.6 is 0 Å². The van der Waals surface area contributed by atoms with Crippen molar-refractivity contribution in [1.29, 1.82) is 5.26 Å². The van der Waals surface area contributed by atoms with Gasteiger partial charge in [0.2, 0.25) is 0 Å². The van der Waals surface area contributed by atoms with Crippen LogP contribution in [0, 0.1) is 11.5 Å². The number of hydrogen-bond donors (Lipinski definition) is 0. The molecule has 0 aliphatic heterocycles. The summed E-state index contributed by atoms with van der Waals surface area (Å²) in [4.78, 5) is 11.0. The van der Waals surface area contributed by atoms with Gasteiger partial charge in [0, 0.05) is 0 Å². The van der Waals surface area contributed by atoms with Crippen LogP contribution in [-0.4, -0.2) is 13.1 Å². The van der Waals surface area contributed by atoms with Crippen molar-refractivity contribution in [2.75, 3.05) is 7.11 Å². The van der Waals surface area contributed by atoms with E-state index >= 15 is 0 Å². The van der Waals surface area contributed by atoms with Crippen LogP contribution < -0.4 is 4.74 Å². The quantitative estimate of drug-likeness (QED) is 0.505. The standard InChI is InChI=1S/C9H7NO3/c1-12-9(11)7-3-2-4-8(5-7)13-6-10/h2-5H,1H3. The van der Waals surface area contributed by atoms with E-state index in [9.17, 15) is 4.79 Å². The summed E-state index contributed by atoms with van der Waals surface area (Å²) in [5.41, 5.74) is 0.357. The van der Waals surface area contributed by atoms with Crippen LogP contribution in [0.15, 0.2) is 24.3 Å². The lowest BCUT2D eigenvalue weighted by Gasteiger charge is -1.99. The van der Waals surface area contributed by atoms with Crippen LogP contribution in [0.2, 0.25) is 0 Å². The Bertz CT molecular complexity index is 354. The number of methoxy groups -OCH3 is 1. The molecule has 0 spiro atoms. The van der Waals surface area contributed by atoms with Crippen LogP contribution in [0.25, 0.3) is 0 Å². The second-order valence-electron chi connectivity index (χ2n) is 2.21. The molecule has 1 aromatic carbocycles. The molecule has 13 heavy (non-hydrogen) atoms. The lowest BCUT2D eigenvalue weighted by molar-refractivity contribution is 0.0600. The Balaban J connectivity index is 2.93. The molecule has 0 unspecified atom stereocenters. The van der Waals surface area contributed by atoms with Gasteiger partial charge < -0.3 is 9.47 Å². The van der Waals surface area contributed by atoms with Crippen molar-refractivity contribution in [3.63, 3.8) is 0 Å². The summed E-state index contributed by atoms with van der Waals surface area (Å²) in [6.07, 6.45) is 1.52. The Labute approximate surface area is 75.3 Å². The molecule has 0 aromatic heterocycles. The maximum Gasteiger partial charge on any atom is 0.337 e. The third-order valence-corrected chi connectivity index (χ3v) is 1.42. The molecule has 0 heterocycles. The van der Waals surface area contributed by atoms with E-state index in [1.165, 1.54) is 19.4 Å². The van der Waals surface area contributed by atoms with Crippen molar-refractivity contribution in [2.24, 2.45) is 0 Å². The largest absolute Gasteiger partial charge is 0.465 e. The number of esters is 1. The highest BCUT2D eigenvalue weighted by molar-refractivity contribution is 5.89. The van der Waals surface area contributed by atoms with Gasteiger partial charge in [-0.2, -0.15) is 0 Å². The third kappa shape index (κ3) is 2.20. The Hall–Kier alpha value is -2.02. The molecule has 0 fully saturated rings. The number of nitrogens with zero attached hydrogens (tertiary/aromatic N) is 1. The van der Waals surface area contributed by atoms with Crippen molar-refractivity contribution in [3.8, 4) is 12.0 Å². The van der Waals surface area contributed by atoms with Crippen LogP contribution in [-0.2, 0) is 4.74 Å². The fraction of sp³-hybridized carbons (Fsp3) is 0.111. The molecular formula is C9H7NO3. The number of hydrogen-bond acceptors (Lipinski definition) is 4. The van der Waals surface area contributed by atoms with Gasteiger partial charge in [-0.05, 0) is 18.2 Å². The molecule has 0 radical (unpaired) electrons. The van der Waals surface area contributed by atoms with E-state index in [2.05, 4.69) is 9.47 Å². The molecule has 0 saturated heterocycles. The zero-order valence-electron chi connectivity index (χ0n) is 6.98. The summed E-state index contributed by atoms with van der Waals surface area (Å²) >= 11 is 0. The van der Waals surface area contributed by atoms with E-state index in [0.717, 1.165) is 0 Å². The number of nitriles is 1. The topological polar surface area (TPSA) is 59.3 Å². The van der Waals surface area contributed by atoms with Crippen molar-refractivity contribution in [3.05, 3.63) is 29.8 Å². The lowest BCUT2D eigenvalue weighted by atomic mass is 10.2. The highest BCUT2D eigenvalue weighted by Gasteiger charge is 2.05. The highest BCUT2D eigenvalue weighted by atomic mass is 16.5. The molecule has 66 valence electrons. The molecule has 0 amide bonds.